The first-order valence-electron chi connectivity index (χ1n) is 10.5. The van der Waals surface area contributed by atoms with Crippen molar-refractivity contribution in [3.05, 3.63) is 34.9 Å². The van der Waals surface area contributed by atoms with Crippen LogP contribution in [0.2, 0.25) is 0 Å². The van der Waals surface area contributed by atoms with Crippen molar-refractivity contribution in [2.24, 2.45) is 0 Å². The molecule has 0 aromatic rings. The lowest BCUT2D eigenvalue weighted by Gasteiger charge is -2.27. The number of carbonyl (C=O) groups is 2. The maximum Gasteiger partial charge on any atom is 0.321 e. The first kappa shape index (κ1) is 26.5. The SMILES string of the molecule is CC(C)=CCC/C(C)=C/CC/C(C)=C/CSCC(C(=O)O)N1CC(O)CC1C(=O)O. The molecule has 1 aliphatic heterocycles. The van der Waals surface area contributed by atoms with Crippen LogP contribution in [-0.2, 0) is 9.59 Å². The Morgan fingerprint density at radius 2 is 1.63 bits per heavy atom. The molecule has 30 heavy (non-hydrogen) atoms. The zero-order chi connectivity index (χ0) is 22.7. The third-order valence-corrected chi connectivity index (χ3v) is 6.19. The van der Waals surface area contributed by atoms with Gasteiger partial charge in [0, 0.05) is 24.5 Å². The number of rotatable bonds is 13. The molecule has 0 aromatic carbocycles. The number of thioether (sulfide) groups is 1. The number of allylic oxidation sites excluding steroid dienone is 5. The molecular weight excluding hydrogens is 402 g/mol. The van der Waals surface area contributed by atoms with Crippen molar-refractivity contribution in [2.45, 2.75) is 78.0 Å². The fourth-order valence-corrected chi connectivity index (χ4v) is 4.55. The summed E-state index contributed by atoms with van der Waals surface area (Å²) in [6.07, 6.45) is 10.1. The topological polar surface area (TPSA) is 98.1 Å². The summed E-state index contributed by atoms with van der Waals surface area (Å²) in [6, 6.07) is -1.85. The summed E-state index contributed by atoms with van der Waals surface area (Å²) in [4.78, 5) is 24.4. The van der Waals surface area contributed by atoms with Crippen molar-refractivity contribution in [1.82, 2.24) is 4.90 Å². The predicted molar refractivity (Wildman–Crippen MR) is 123 cm³/mol. The first-order chi connectivity index (χ1) is 14.1. The summed E-state index contributed by atoms with van der Waals surface area (Å²) in [6.45, 7) is 8.56. The smallest absolute Gasteiger partial charge is 0.321 e. The summed E-state index contributed by atoms with van der Waals surface area (Å²) in [5.74, 6) is -1.15. The first-order valence-corrected chi connectivity index (χ1v) is 11.7. The molecule has 7 heteroatoms. The Balaban J connectivity index is 2.43. The van der Waals surface area contributed by atoms with Crippen molar-refractivity contribution < 1.29 is 24.9 Å². The van der Waals surface area contributed by atoms with Gasteiger partial charge in [-0.3, -0.25) is 14.5 Å². The molecule has 1 aliphatic rings. The van der Waals surface area contributed by atoms with Gasteiger partial charge in [-0.15, -0.1) is 0 Å². The Kier molecular flexibility index (Phi) is 12.1. The van der Waals surface area contributed by atoms with E-state index in [9.17, 15) is 24.9 Å². The van der Waals surface area contributed by atoms with Gasteiger partial charge in [0.05, 0.1) is 6.10 Å². The molecule has 6 nitrogen and oxygen atoms in total. The minimum Gasteiger partial charge on any atom is -0.480 e. The van der Waals surface area contributed by atoms with Gasteiger partial charge in [-0.2, -0.15) is 11.8 Å². The molecule has 0 aromatic heterocycles. The Bertz CT molecular complexity index is 667. The lowest BCUT2D eigenvalue weighted by molar-refractivity contribution is -0.148. The molecule has 3 N–H and O–H groups in total. The van der Waals surface area contributed by atoms with Gasteiger partial charge in [0.25, 0.3) is 0 Å². The highest BCUT2D eigenvalue weighted by atomic mass is 32.2. The Morgan fingerprint density at radius 3 is 2.20 bits per heavy atom. The maximum absolute atomic E-state index is 11.7. The van der Waals surface area contributed by atoms with Crippen molar-refractivity contribution in [3.8, 4) is 0 Å². The van der Waals surface area contributed by atoms with E-state index in [0.29, 0.717) is 11.5 Å². The van der Waals surface area contributed by atoms with Crippen LogP contribution in [0.15, 0.2) is 34.9 Å². The highest BCUT2D eigenvalue weighted by Gasteiger charge is 2.42. The molecule has 1 heterocycles. The van der Waals surface area contributed by atoms with E-state index in [0.717, 1.165) is 25.7 Å². The lowest BCUT2D eigenvalue weighted by Crippen LogP contribution is -2.48. The van der Waals surface area contributed by atoms with Gasteiger partial charge in [-0.25, -0.2) is 0 Å². The monoisotopic (exact) mass is 439 g/mol. The van der Waals surface area contributed by atoms with Crippen LogP contribution in [0, 0.1) is 0 Å². The number of hydrogen-bond donors (Lipinski definition) is 3. The minimum atomic E-state index is -1.08. The van der Waals surface area contributed by atoms with Crippen LogP contribution in [0.1, 0.15) is 59.8 Å². The number of aliphatic carboxylic acids is 2. The normalized spacial score (nSPS) is 21.5. The molecule has 0 radical (unpaired) electrons. The second-order valence-corrected chi connectivity index (χ2v) is 9.37. The van der Waals surface area contributed by atoms with E-state index in [-0.39, 0.29) is 13.0 Å². The van der Waals surface area contributed by atoms with Gasteiger partial charge in [-0.05, 0) is 53.4 Å². The number of likely N-dealkylation sites (tertiary alicyclic amines) is 1. The van der Waals surface area contributed by atoms with E-state index in [1.165, 1.54) is 33.4 Å². The van der Waals surface area contributed by atoms with Crippen LogP contribution in [0.25, 0.3) is 0 Å². The molecule has 170 valence electrons. The number of aliphatic hydroxyl groups excluding tert-OH is 1. The number of β-amino-alcohol motifs (C(OH)–C–C–N with tert-alkyl or cyclic N) is 1. The average Bonchev–Trinajstić information content (AvgIpc) is 3.02. The fourth-order valence-electron chi connectivity index (χ4n) is 3.45. The van der Waals surface area contributed by atoms with Gasteiger partial charge < -0.3 is 15.3 Å². The quantitative estimate of drug-likeness (QED) is 0.293. The van der Waals surface area contributed by atoms with Crippen LogP contribution >= 0.6 is 11.8 Å². The Labute approximate surface area is 184 Å². The highest BCUT2D eigenvalue weighted by Crippen LogP contribution is 2.23. The van der Waals surface area contributed by atoms with E-state index in [1.54, 1.807) is 0 Å². The molecule has 0 bridgehead atoms. The predicted octanol–water partition coefficient (Wildman–Crippen LogP) is 4.11. The molecule has 3 unspecified atom stereocenters. The third-order valence-electron chi connectivity index (χ3n) is 5.24. The Morgan fingerprint density at radius 1 is 1.03 bits per heavy atom. The number of carboxylic acids is 2. The van der Waals surface area contributed by atoms with Crippen molar-refractivity contribution in [2.75, 3.05) is 18.1 Å². The number of carboxylic acid groups (broad SMARTS) is 2. The summed E-state index contributed by atoms with van der Waals surface area (Å²) < 4.78 is 0. The Hall–Kier alpha value is -1.57. The van der Waals surface area contributed by atoms with Crippen LogP contribution in [0.4, 0.5) is 0 Å². The molecule has 0 aliphatic carbocycles. The summed E-state index contributed by atoms with van der Waals surface area (Å²) >= 11 is 1.48. The van der Waals surface area contributed by atoms with Crippen LogP contribution < -0.4 is 0 Å². The van der Waals surface area contributed by atoms with Crippen LogP contribution in [0.3, 0.4) is 0 Å². The molecule has 3 atom stereocenters. The van der Waals surface area contributed by atoms with Gasteiger partial charge >= 0.3 is 11.9 Å². The lowest BCUT2D eigenvalue weighted by atomic mass is 10.1. The van der Waals surface area contributed by atoms with Gasteiger partial charge in [0.15, 0.2) is 0 Å². The van der Waals surface area contributed by atoms with E-state index < -0.39 is 30.1 Å². The zero-order valence-electron chi connectivity index (χ0n) is 18.6. The van der Waals surface area contributed by atoms with Gasteiger partial charge in [0.1, 0.15) is 12.1 Å². The molecular formula is C23H37NO5S. The van der Waals surface area contributed by atoms with E-state index in [2.05, 4.69) is 45.9 Å². The van der Waals surface area contributed by atoms with Gasteiger partial charge in [-0.1, -0.05) is 34.9 Å². The molecule has 1 rings (SSSR count). The largest absolute Gasteiger partial charge is 0.480 e. The van der Waals surface area contributed by atoms with Crippen molar-refractivity contribution >= 4 is 23.7 Å². The minimum absolute atomic E-state index is 0.0735. The second-order valence-electron chi connectivity index (χ2n) is 8.29. The molecule has 0 spiro atoms. The molecule has 1 saturated heterocycles. The highest BCUT2D eigenvalue weighted by molar-refractivity contribution is 7.99. The molecule has 0 amide bonds. The number of nitrogens with zero attached hydrogens (tertiary/aromatic N) is 1. The van der Waals surface area contributed by atoms with Crippen molar-refractivity contribution in [3.63, 3.8) is 0 Å². The standard InChI is InChI=1S/C23H37NO5S/c1-16(2)7-5-8-17(3)9-6-10-18(4)11-12-30-15-21(23(28)29)24-14-19(25)13-20(24)22(26)27/h7,9,11,19-21,25H,5-6,8,10,12-15H2,1-4H3,(H,26,27)(H,28,29)/b17-9+,18-11+. The van der Waals surface area contributed by atoms with E-state index in [4.69, 9.17) is 0 Å². The van der Waals surface area contributed by atoms with E-state index >= 15 is 0 Å². The molecule has 1 fully saturated rings. The summed E-state index contributed by atoms with van der Waals surface area (Å²) in [5.41, 5.74) is 4.02. The second kappa shape index (κ2) is 13.7. The number of aliphatic hydroxyl groups is 1. The zero-order valence-corrected chi connectivity index (χ0v) is 19.5. The molecule has 0 saturated carbocycles. The fraction of sp³-hybridized carbons (Fsp3) is 0.652. The number of hydrogen-bond acceptors (Lipinski definition) is 5. The van der Waals surface area contributed by atoms with Crippen molar-refractivity contribution in [1.29, 1.82) is 0 Å². The summed E-state index contributed by atoms with van der Waals surface area (Å²) in [7, 11) is 0. The van der Waals surface area contributed by atoms with Crippen LogP contribution in [-0.4, -0.2) is 68.4 Å². The van der Waals surface area contributed by atoms with Crippen LogP contribution in [0.5, 0.6) is 0 Å². The van der Waals surface area contributed by atoms with E-state index in [1.807, 2.05) is 0 Å². The van der Waals surface area contributed by atoms with Gasteiger partial charge in [0.2, 0.25) is 0 Å². The maximum atomic E-state index is 11.7. The summed E-state index contributed by atoms with van der Waals surface area (Å²) in [5, 5.41) is 28.6. The third kappa shape index (κ3) is 9.96. The average molecular weight is 440 g/mol.